The van der Waals surface area contributed by atoms with E-state index in [2.05, 4.69) is 15.5 Å². The predicted molar refractivity (Wildman–Crippen MR) is 98.8 cm³/mol. The first-order valence-electron chi connectivity index (χ1n) is 8.72. The summed E-state index contributed by atoms with van der Waals surface area (Å²) in [7, 11) is 1.99. The minimum absolute atomic E-state index is 0.173. The molecule has 132 valence electrons. The van der Waals surface area contributed by atoms with E-state index in [0.29, 0.717) is 22.0 Å². The maximum absolute atomic E-state index is 12.9. The molecule has 1 amide bonds. The second-order valence-electron chi connectivity index (χ2n) is 6.77. The summed E-state index contributed by atoms with van der Waals surface area (Å²) < 4.78 is 0. The molecule has 0 radical (unpaired) electrons. The van der Waals surface area contributed by atoms with Crippen LogP contribution in [0.15, 0.2) is 18.2 Å². The van der Waals surface area contributed by atoms with Gasteiger partial charge in [-0.2, -0.15) is 0 Å². The highest BCUT2D eigenvalue weighted by Gasteiger charge is 2.34. The number of likely N-dealkylation sites (N-methyl/N-ethyl adjacent to an activating group) is 1. The Kier molecular flexibility index (Phi) is 6.03. The molecule has 3 rings (SSSR count). The van der Waals surface area contributed by atoms with Gasteiger partial charge in [0, 0.05) is 31.0 Å². The van der Waals surface area contributed by atoms with Crippen molar-refractivity contribution in [3.63, 3.8) is 0 Å². The molecule has 2 N–H and O–H groups in total. The molecular weight excluding hydrogens is 345 g/mol. The average Bonchev–Trinajstić information content (AvgIpc) is 2.63. The van der Waals surface area contributed by atoms with E-state index in [-0.39, 0.29) is 11.8 Å². The number of carbonyl (C=O) groups excluding carboxylic acids is 1. The third-order valence-corrected chi connectivity index (χ3v) is 6.09. The first-order valence-corrected chi connectivity index (χ1v) is 9.47. The highest BCUT2D eigenvalue weighted by Crippen LogP contribution is 2.32. The van der Waals surface area contributed by atoms with Crippen LogP contribution < -0.4 is 10.6 Å². The molecule has 0 unspecified atom stereocenters. The number of nitrogens with one attached hydrogen (secondary N) is 2. The predicted octanol–water partition coefficient (Wildman–Crippen LogP) is 2.90. The zero-order chi connectivity index (χ0) is 17.1. The molecule has 0 saturated carbocycles. The Hall–Kier alpha value is -0.810. The van der Waals surface area contributed by atoms with E-state index in [9.17, 15) is 4.79 Å². The molecule has 24 heavy (non-hydrogen) atoms. The zero-order valence-corrected chi connectivity index (χ0v) is 15.5. The second kappa shape index (κ2) is 8.05. The van der Waals surface area contributed by atoms with E-state index < -0.39 is 0 Å². The fraction of sp³-hybridized carbons (Fsp3) is 0.611. The molecule has 2 aliphatic heterocycles. The molecular formula is C18H25Cl2N3O. The summed E-state index contributed by atoms with van der Waals surface area (Å²) >= 11 is 12.3. The Morgan fingerprint density at radius 2 is 1.96 bits per heavy atom. The first kappa shape index (κ1) is 18.0. The van der Waals surface area contributed by atoms with Gasteiger partial charge in [0.05, 0.1) is 10.0 Å². The lowest BCUT2D eigenvalue weighted by Gasteiger charge is -2.40. The first-order chi connectivity index (χ1) is 11.6. The van der Waals surface area contributed by atoms with Gasteiger partial charge in [0.15, 0.2) is 0 Å². The number of hydrogen-bond donors (Lipinski definition) is 2. The van der Waals surface area contributed by atoms with Crippen molar-refractivity contribution in [2.24, 2.45) is 5.92 Å². The minimum Gasteiger partial charge on any atom is -0.342 e. The maximum atomic E-state index is 12.9. The molecule has 4 nitrogen and oxygen atoms in total. The van der Waals surface area contributed by atoms with Crippen molar-refractivity contribution in [3.8, 4) is 0 Å². The molecule has 2 atom stereocenters. The van der Waals surface area contributed by atoms with E-state index in [1.165, 1.54) is 0 Å². The van der Waals surface area contributed by atoms with Crippen LogP contribution in [0.25, 0.3) is 0 Å². The molecule has 0 bridgehead atoms. The molecule has 1 aromatic carbocycles. The lowest BCUT2D eigenvalue weighted by Crippen LogP contribution is -2.51. The van der Waals surface area contributed by atoms with Crippen LogP contribution in [0.3, 0.4) is 0 Å². The molecule has 1 aromatic rings. The lowest BCUT2D eigenvalue weighted by molar-refractivity contribution is -0.137. The van der Waals surface area contributed by atoms with Gasteiger partial charge in [0.25, 0.3) is 0 Å². The van der Waals surface area contributed by atoms with Crippen molar-refractivity contribution in [1.29, 1.82) is 0 Å². The van der Waals surface area contributed by atoms with Gasteiger partial charge in [-0.3, -0.25) is 4.79 Å². The summed E-state index contributed by atoms with van der Waals surface area (Å²) in [5, 5.41) is 7.87. The van der Waals surface area contributed by atoms with Crippen LogP contribution in [-0.2, 0) is 4.79 Å². The fourth-order valence-corrected chi connectivity index (χ4v) is 4.21. The quantitative estimate of drug-likeness (QED) is 0.860. The topological polar surface area (TPSA) is 44.4 Å². The van der Waals surface area contributed by atoms with Crippen molar-refractivity contribution in [2.75, 3.05) is 33.2 Å². The van der Waals surface area contributed by atoms with Gasteiger partial charge in [-0.15, -0.1) is 0 Å². The number of rotatable bonds is 3. The number of piperidine rings is 2. The van der Waals surface area contributed by atoms with Crippen LogP contribution >= 0.6 is 23.2 Å². The zero-order valence-electron chi connectivity index (χ0n) is 14.0. The number of benzene rings is 1. The van der Waals surface area contributed by atoms with Crippen LogP contribution in [0.2, 0.25) is 10.0 Å². The normalized spacial score (nSPS) is 25.7. The number of halogens is 2. The van der Waals surface area contributed by atoms with E-state index in [4.69, 9.17) is 23.2 Å². The third kappa shape index (κ3) is 3.88. The highest BCUT2D eigenvalue weighted by atomic mass is 35.5. The summed E-state index contributed by atoms with van der Waals surface area (Å²) in [6.45, 7) is 3.46. The van der Waals surface area contributed by atoms with Gasteiger partial charge in [0.1, 0.15) is 0 Å². The van der Waals surface area contributed by atoms with Crippen LogP contribution in [-0.4, -0.2) is 50.1 Å². The fourth-order valence-electron chi connectivity index (χ4n) is 3.91. The van der Waals surface area contributed by atoms with Crippen LogP contribution in [0.5, 0.6) is 0 Å². The summed E-state index contributed by atoms with van der Waals surface area (Å²) in [6.07, 6.45) is 2.85. The van der Waals surface area contributed by atoms with Crippen molar-refractivity contribution in [1.82, 2.24) is 15.5 Å². The molecule has 0 aliphatic carbocycles. The maximum Gasteiger partial charge on any atom is 0.225 e. The highest BCUT2D eigenvalue weighted by molar-refractivity contribution is 6.42. The summed E-state index contributed by atoms with van der Waals surface area (Å²) in [5.41, 5.74) is 1.14. The Balaban J connectivity index is 1.76. The van der Waals surface area contributed by atoms with E-state index in [0.717, 1.165) is 51.0 Å². The summed E-state index contributed by atoms with van der Waals surface area (Å²) in [6, 6.07) is 6.16. The number of hydrogen-bond acceptors (Lipinski definition) is 3. The third-order valence-electron chi connectivity index (χ3n) is 5.36. The van der Waals surface area contributed by atoms with Gasteiger partial charge in [-0.25, -0.2) is 0 Å². The average molecular weight is 370 g/mol. The Labute approximate surface area is 153 Å². The van der Waals surface area contributed by atoms with Gasteiger partial charge in [0.2, 0.25) is 5.91 Å². The van der Waals surface area contributed by atoms with Gasteiger partial charge < -0.3 is 15.5 Å². The monoisotopic (exact) mass is 369 g/mol. The van der Waals surface area contributed by atoms with Gasteiger partial charge >= 0.3 is 0 Å². The van der Waals surface area contributed by atoms with E-state index in [1.807, 2.05) is 25.2 Å². The standard InChI is InChI=1S/C18H25Cl2N3O/c1-21-17-6-9-23(18(24)12-4-7-22-8-5-12)11-14(17)13-2-3-15(19)16(20)10-13/h2-3,10,12,14,17,21-22H,4-9,11H2,1H3/t14-,17+/m0/s1. The smallest absolute Gasteiger partial charge is 0.225 e. The summed E-state index contributed by atoms with van der Waals surface area (Å²) in [5.74, 6) is 0.729. The van der Waals surface area contributed by atoms with Crippen LogP contribution in [0.4, 0.5) is 0 Å². The molecule has 2 heterocycles. The Bertz CT molecular complexity index is 590. The van der Waals surface area contributed by atoms with Crippen molar-refractivity contribution < 1.29 is 4.79 Å². The Morgan fingerprint density at radius 3 is 2.62 bits per heavy atom. The van der Waals surface area contributed by atoms with Crippen molar-refractivity contribution >= 4 is 29.1 Å². The molecule has 0 spiro atoms. The lowest BCUT2D eigenvalue weighted by atomic mass is 9.85. The van der Waals surface area contributed by atoms with E-state index >= 15 is 0 Å². The van der Waals surface area contributed by atoms with Crippen LogP contribution in [0.1, 0.15) is 30.7 Å². The van der Waals surface area contributed by atoms with E-state index in [1.54, 1.807) is 0 Å². The van der Waals surface area contributed by atoms with Gasteiger partial charge in [-0.1, -0.05) is 29.3 Å². The number of nitrogens with zero attached hydrogens (tertiary/aromatic N) is 1. The van der Waals surface area contributed by atoms with Gasteiger partial charge in [-0.05, 0) is 57.1 Å². The van der Waals surface area contributed by atoms with Crippen molar-refractivity contribution in [3.05, 3.63) is 33.8 Å². The number of amides is 1. The molecule has 2 aliphatic rings. The number of likely N-dealkylation sites (tertiary alicyclic amines) is 1. The second-order valence-corrected chi connectivity index (χ2v) is 7.59. The largest absolute Gasteiger partial charge is 0.342 e. The SMILES string of the molecule is CN[C@@H]1CCN(C(=O)C2CCNCC2)C[C@H]1c1ccc(Cl)c(Cl)c1. The summed E-state index contributed by atoms with van der Waals surface area (Å²) in [4.78, 5) is 14.9. The minimum atomic E-state index is 0.173. The molecule has 2 saturated heterocycles. The van der Waals surface area contributed by atoms with Crippen LogP contribution in [0, 0.1) is 5.92 Å². The molecule has 2 fully saturated rings. The molecule has 6 heteroatoms. The Morgan fingerprint density at radius 1 is 1.21 bits per heavy atom. The van der Waals surface area contributed by atoms with Crippen molar-refractivity contribution in [2.45, 2.75) is 31.2 Å². The number of carbonyl (C=O) groups is 1. The molecule has 0 aromatic heterocycles.